The molecular weight excluding hydrogens is 332 g/mol. The van der Waals surface area contributed by atoms with Crippen LogP contribution in [0.2, 0.25) is 5.02 Å². The summed E-state index contributed by atoms with van der Waals surface area (Å²) in [5, 5.41) is 5.45. The normalized spacial score (nSPS) is 9.92. The molecule has 0 aliphatic rings. The van der Waals surface area contributed by atoms with Gasteiger partial charge in [0.2, 0.25) is 0 Å². The number of hydrogen-bond donors (Lipinski definition) is 2. The van der Waals surface area contributed by atoms with Crippen molar-refractivity contribution in [3.63, 3.8) is 0 Å². The molecule has 0 saturated heterocycles. The third-order valence-corrected chi connectivity index (χ3v) is 3.35. The number of rotatable bonds is 6. The molecule has 0 heterocycles. The lowest BCUT2D eigenvalue weighted by Gasteiger charge is -2.09. The van der Waals surface area contributed by atoms with Gasteiger partial charge in [-0.05, 0) is 36.4 Å². The first-order chi connectivity index (χ1) is 11.6. The molecule has 24 heavy (non-hydrogen) atoms. The maximum absolute atomic E-state index is 11.8. The number of benzene rings is 2. The molecule has 0 aliphatic carbocycles. The number of methoxy groups -OCH3 is 1. The summed E-state index contributed by atoms with van der Waals surface area (Å²) in [6, 6.07) is 13.7. The Kier molecular flexibility index (Phi) is 6.45. The minimum Gasteiger partial charge on any atom is -0.497 e. The van der Waals surface area contributed by atoms with E-state index in [1.807, 2.05) is 0 Å². The van der Waals surface area contributed by atoms with Crippen LogP contribution in [0.3, 0.4) is 0 Å². The molecule has 2 rings (SSSR count). The maximum Gasteiger partial charge on any atom is 0.313 e. The average Bonchev–Trinajstić information content (AvgIpc) is 2.60. The van der Waals surface area contributed by atoms with Gasteiger partial charge in [-0.15, -0.1) is 0 Å². The molecule has 7 heteroatoms. The molecular formula is C17H17ClN2O4. The van der Waals surface area contributed by atoms with Crippen molar-refractivity contribution in [3.8, 4) is 11.5 Å². The number of hydrogen-bond acceptors (Lipinski definition) is 4. The van der Waals surface area contributed by atoms with E-state index in [2.05, 4.69) is 10.6 Å². The molecule has 2 amide bonds. The smallest absolute Gasteiger partial charge is 0.313 e. The van der Waals surface area contributed by atoms with E-state index in [1.54, 1.807) is 55.6 Å². The minimum atomic E-state index is -0.752. The maximum atomic E-state index is 11.8. The van der Waals surface area contributed by atoms with E-state index in [-0.39, 0.29) is 13.2 Å². The van der Waals surface area contributed by atoms with Gasteiger partial charge in [0.1, 0.15) is 18.1 Å². The predicted molar refractivity (Wildman–Crippen MR) is 91.6 cm³/mol. The molecule has 126 valence electrons. The Balaban J connectivity index is 1.73. The van der Waals surface area contributed by atoms with Crippen LogP contribution >= 0.6 is 11.6 Å². The number of anilines is 1. The van der Waals surface area contributed by atoms with Crippen LogP contribution in [0.1, 0.15) is 0 Å². The number of carbonyl (C=O) groups excluding carboxylic acids is 2. The second-order valence-corrected chi connectivity index (χ2v) is 5.12. The van der Waals surface area contributed by atoms with E-state index in [9.17, 15) is 9.59 Å². The molecule has 6 nitrogen and oxygen atoms in total. The molecule has 0 radical (unpaired) electrons. The summed E-state index contributed by atoms with van der Waals surface area (Å²) in [7, 11) is 1.55. The number of halogens is 1. The zero-order valence-corrected chi connectivity index (χ0v) is 13.8. The summed E-state index contributed by atoms with van der Waals surface area (Å²) in [5.74, 6) is -0.309. The van der Waals surface area contributed by atoms with Crippen LogP contribution < -0.4 is 20.1 Å². The summed E-state index contributed by atoms with van der Waals surface area (Å²) in [5.41, 5.74) is 0.503. The highest BCUT2D eigenvalue weighted by molar-refractivity contribution is 6.39. The van der Waals surface area contributed by atoms with Crippen molar-refractivity contribution >= 4 is 29.1 Å². The Morgan fingerprint density at radius 2 is 1.75 bits per heavy atom. The van der Waals surface area contributed by atoms with Crippen LogP contribution in [-0.2, 0) is 9.59 Å². The summed E-state index contributed by atoms with van der Waals surface area (Å²) in [6.07, 6.45) is 0. The van der Waals surface area contributed by atoms with Gasteiger partial charge < -0.3 is 20.1 Å². The number of carbonyl (C=O) groups is 2. The number of ether oxygens (including phenoxy) is 2. The zero-order valence-electron chi connectivity index (χ0n) is 13.0. The third kappa shape index (κ3) is 5.17. The number of para-hydroxylation sites is 1. The summed E-state index contributed by atoms with van der Waals surface area (Å²) in [4.78, 5) is 23.5. The van der Waals surface area contributed by atoms with Gasteiger partial charge in [-0.25, -0.2) is 0 Å². The SMILES string of the molecule is COc1ccc(NC(=O)C(=O)NCCOc2ccccc2Cl)cc1. The lowest BCUT2D eigenvalue weighted by molar-refractivity contribution is -0.136. The van der Waals surface area contributed by atoms with Gasteiger partial charge in [0.15, 0.2) is 0 Å². The molecule has 0 aromatic heterocycles. The minimum absolute atomic E-state index is 0.181. The fourth-order valence-corrected chi connectivity index (χ4v) is 2.02. The summed E-state index contributed by atoms with van der Waals surface area (Å²) < 4.78 is 10.4. The summed E-state index contributed by atoms with van der Waals surface area (Å²) >= 11 is 5.94. The third-order valence-electron chi connectivity index (χ3n) is 3.04. The van der Waals surface area contributed by atoms with Crippen molar-refractivity contribution in [1.29, 1.82) is 0 Å². The molecule has 0 fully saturated rings. The van der Waals surface area contributed by atoms with Crippen LogP contribution in [0.25, 0.3) is 0 Å². The molecule has 0 spiro atoms. The van der Waals surface area contributed by atoms with Crippen molar-refractivity contribution in [2.24, 2.45) is 0 Å². The van der Waals surface area contributed by atoms with Crippen molar-refractivity contribution in [2.75, 3.05) is 25.6 Å². The molecule has 2 aromatic rings. The monoisotopic (exact) mass is 348 g/mol. The van der Waals surface area contributed by atoms with Gasteiger partial charge in [-0.3, -0.25) is 9.59 Å². The highest BCUT2D eigenvalue weighted by atomic mass is 35.5. The van der Waals surface area contributed by atoms with Crippen molar-refractivity contribution in [3.05, 3.63) is 53.6 Å². The predicted octanol–water partition coefficient (Wildman–Crippen LogP) is 2.48. The Bertz CT molecular complexity index is 704. The van der Waals surface area contributed by atoms with Gasteiger partial charge in [0, 0.05) is 5.69 Å². The first-order valence-corrected chi connectivity index (χ1v) is 7.58. The molecule has 0 aliphatic heterocycles. The molecule has 0 unspecified atom stereocenters. The first-order valence-electron chi connectivity index (χ1n) is 7.20. The van der Waals surface area contributed by atoms with E-state index in [1.165, 1.54) is 0 Å². The Morgan fingerprint density at radius 1 is 1.04 bits per heavy atom. The quantitative estimate of drug-likeness (QED) is 0.621. The van der Waals surface area contributed by atoms with Crippen molar-refractivity contribution in [2.45, 2.75) is 0 Å². The molecule has 0 bridgehead atoms. The Morgan fingerprint density at radius 3 is 2.42 bits per heavy atom. The lowest BCUT2D eigenvalue weighted by Crippen LogP contribution is -2.37. The van der Waals surface area contributed by atoms with Gasteiger partial charge >= 0.3 is 11.8 Å². The largest absolute Gasteiger partial charge is 0.497 e. The molecule has 2 aromatic carbocycles. The van der Waals surface area contributed by atoms with E-state index in [0.717, 1.165) is 0 Å². The fraction of sp³-hybridized carbons (Fsp3) is 0.176. The van der Waals surface area contributed by atoms with Crippen LogP contribution in [0.4, 0.5) is 5.69 Å². The van der Waals surface area contributed by atoms with E-state index >= 15 is 0 Å². The van der Waals surface area contributed by atoms with Crippen LogP contribution in [-0.4, -0.2) is 32.1 Å². The summed E-state index contributed by atoms with van der Waals surface area (Å²) in [6.45, 7) is 0.380. The van der Waals surface area contributed by atoms with Crippen LogP contribution in [0, 0.1) is 0 Å². The highest BCUT2D eigenvalue weighted by Crippen LogP contribution is 2.22. The van der Waals surface area contributed by atoms with E-state index in [4.69, 9.17) is 21.1 Å². The number of amides is 2. The van der Waals surface area contributed by atoms with Gasteiger partial charge in [0.25, 0.3) is 0 Å². The zero-order chi connectivity index (χ0) is 17.4. The second-order valence-electron chi connectivity index (χ2n) is 4.72. The van der Waals surface area contributed by atoms with Crippen molar-refractivity contribution < 1.29 is 19.1 Å². The fourth-order valence-electron chi connectivity index (χ4n) is 1.83. The van der Waals surface area contributed by atoms with E-state index < -0.39 is 11.8 Å². The van der Waals surface area contributed by atoms with Crippen LogP contribution in [0.15, 0.2) is 48.5 Å². The topological polar surface area (TPSA) is 76.7 Å². The second kappa shape index (κ2) is 8.79. The average molecular weight is 349 g/mol. The number of nitrogens with one attached hydrogen (secondary N) is 2. The molecule has 2 N–H and O–H groups in total. The highest BCUT2D eigenvalue weighted by Gasteiger charge is 2.13. The lowest BCUT2D eigenvalue weighted by atomic mass is 10.3. The first kappa shape index (κ1) is 17.6. The van der Waals surface area contributed by atoms with Crippen molar-refractivity contribution in [1.82, 2.24) is 5.32 Å². The Labute approximate surface area is 144 Å². The van der Waals surface area contributed by atoms with Gasteiger partial charge in [-0.2, -0.15) is 0 Å². The standard InChI is InChI=1S/C17H17ClN2O4/c1-23-13-8-6-12(7-9-13)20-17(22)16(21)19-10-11-24-15-5-3-2-4-14(15)18/h2-9H,10-11H2,1H3,(H,19,21)(H,20,22). The van der Waals surface area contributed by atoms with Crippen LogP contribution in [0.5, 0.6) is 11.5 Å². The van der Waals surface area contributed by atoms with Gasteiger partial charge in [0.05, 0.1) is 18.7 Å². The van der Waals surface area contributed by atoms with Gasteiger partial charge in [-0.1, -0.05) is 23.7 Å². The Hall–Kier alpha value is -2.73. The van der Waals surface area contributed by atoms with E-state index in [0.29, 0.717) is 22.2 Å². The molecule has 0 atom stereocenters. The molecule has 0 saturated carbocycles.